The number of Topliss-reactive ketones (excluding diaryl/α,β-unsaturated/α-hetero) is 1. The number of carbonyl (C=O) groups is 2. The Balaban J connectivity index is 1.58. The van der Waals surface area contributed by atoms with Gasteiger partial charge >= 0.3 is 0 Å². The normalized spacial score (nSPS) is 15.8. The second kappa shape index (κ2) is 9.59. The van der Waals surface area contributed by atoms with Gasteiger partial charge in [0.2, 0.25) is 5.78 Å². The first-order valence-electron chi connectivity index (χ1n) is 11.8. The fraction of sp³-hybridized carbons (Fsp3) is 0.207. The lowest BCUT2D eigenvalue weighted by Gasteiger charge is -2.26. The largest absolute Gasteiger partial charge is 0.503 e. The Morgan fingerprint density at radius 1 is 1.08 bits per heavy atom. The first kappa shape index (κ1) is 23.8. The molecule has 4 aromatic rings. The molecule has 0 saturated heterocycles. The van der Waals surface area contributed by atoms with Crippen LogP contribution in [-0.2, 0) is 11.3 Å². The number of thiazole rings is 1. The Morgan fingerprint density at radius 3 is 2.44 bits per heavy atom. The van der Waals surface area contributed by atoms with Crippen LogP contribution in [-0.4, -0.2) is 26.7 Å². The third-order valence-corrected chi connectivity index (χ3v) is 7.60. The first-order valence-corrected chi connectivity index (χ1v) is 12.6. The van der Waals surface area contributed by atoms with Crippen molar-refractivity contribution in [1.29, 1.82) is 0 Å². The molecule has 0 spiro atoms. The van der Waals surface area contributed by atoms with Crippen molar-refractivity contribution in [2.24, 2.45) is 0 Å². The fourth-order valence-electron chi connectivity index (χ4n) is 4.46. The summed E-state index contributed by atoms with van der Waals surface area (Å²) >= 11 is 1.27. The lowest BCUT2D eigenvalue weighted by Crippen LogP contribution is -2.30. The molecule has 6 nitrogen and oxygen atoms in total. The van der Waals surface area contributed by atoms with Gasteiger partial charge in [0.05, 0.1) is 35.0 Å². The van der Waals surface area contributed by atoms with Crippen LogP contribution in [0.2, 0.25) is 0 Å². The third-order valence-electron chi connectivity index (χ3n) is 6.40. The summed E-state index contributed by atoms with van der Waals surface area (Å²) < 4.78 is 5.48. The number of aliphatic hydroxyl groups is 1. The molecule has 182 valence electrons. The molecule has 7 heteroatoms. The minimum Gasteiger partial charge on any atom is -0.503 e. The van der Waals surface area contributed by atoms with Gasteiger partial charge in [-0.1, -0.05) is 68.4 Å². The molecular formula is C29H26N2O4S. The summed E-state index contributed by atoms with van der Waals surface area (Å²) in [7, 11) is 0. The number of aromatic nitrogens is 1. The van der Waals surface area contributed by atoms with Gasteiger partial charge in [0.25, 0.3) is 5.91 Å². The predicted molar refractivity (Wildman–Crippen MR) is 139 cm³/mol. The number of carbonyl (C=O) groups excluding carboxylic acids is 2. The zero-order valence-corrected chi connectivity index (χ0v) is 21.1. The number of furan rings is 1. The minimum atomic E-state index is -0.752. The van der Waals surface area contributed by atoms with Gasteiger partial charge in [-0.3, -0.25) is 9.59 Å². The number of nitrogens with zero attached hydrogens (tertiary/aromatic N) is 2. The molecule has 1 N–H and O–H groups in total. The summed E-state index contributed by atoms with van der Waals surface area (Å²) in [5, 5.41) is 11.7. The van der Waals surface area contributed by atoms with E-state index in [1.807, 2.05) is 54.6 Å². The average Bonchev–Trinajstić information content (AvgIpc) is 3.60. The number of benzene rings is 2. The van der Waals surface area contributed by atoms with Crippen molar-refractivity contribution in [3.8, 4) is 10.6 Å². The van der Waals surface area contributed by atoms with Crippen LogP contribution >= 0.6 is 11.3 Å². The molecule has 0 bridgehead atoms. The standard InChI is InChI=1S/C29H26N2O4S/c1-17(2)19-11-13-20(14-12-19)24-23(26(33)29(34)31(24)16-22-10-7-15-35-22)25(32)27-18(3)30-28(36-27)21-8-5-4-6-9-21/h4-15,17,24,33H,16H2,1-3H3. The number of amides is 1. The molecule has 36 heavy (non-hydrogen) atoms. The van der Waals surface area contributed by atoms with E-state index >= 15 is 0 Å². The number of ketones is 1. The number of aryl methyl sites for hydroxylation is 1. The Morgan fingerprint density at radius 2 is 1.81 bits per heavy atom. The zero-order valence-electron chi connectivity index (χ0n) is 20.3. The molecule has 0 aliphatic carbocycles. The maximum atomic E-state index is 13.9. The molecule has 0 saturated carbocycles. The van der Waals surface area contributed by atoms with Gasteiger partial charge in [-0.05, 0) is 36.1 Å². The molecule has 0 fully saturated rings. The van der Waals surface area contributed by atoms with Crippen LogP contribution in [0.1, 0.15) is 58.1 Å². The van der Waals surface area contributed by atoms with E-state index in [1.165, 1.54) is 22.5 Å². The van der Waals surface area contributed by atoms with Crippen LogP contribution in [0.3, 0.4) is 0 Å². The van der Waals surface area contributed by atoms with Crippen molar-refractivity contribution in [2.45, 2.75) is 39.3 Å². The van der Waals surface area contributed by atoms with E-state index < -0.39 is 23.5 Å². The van der Waals surface area contributed by atoms with E-state index in [4.69, 9.17) is 4.42 Å². The van der Waals surface area contributed by atoms with E-state index in [0.717, 1.165) is 16.7 Å². The highest BCUT2D eigenvalue weighted by Crippen LogP contribution is 2.42. The highest BCUT2D eigenvalue weighted by atomic mass is 32.1. The van der Waals surface area contributed by atoms with Crippen molar-refractivity contribution < 1.29 is 19.1 Å². The van der Waals surface area contributed by atoms with Crippen LogP contribution < -0.4 is 0 Å². The van der Waals surface area contributed by atoms with Crippen molar-refractivity contribution >= 4 is 23.0 Å². The lowest BCUT2D eigenvalue weighted by molar-refractivity contribution is -0.130. The van der Waals surface area contributed by atoms with Crippen LogP contribution in [0.15, 0.2) is 88.7 Å². The molecule has 2 aromatic carbocycles. The smallest absolute Gasteiger partial charge is 0.290 e. The second-order valence-electron chi connectivity index (χ2n) is 9.13. The second-order valence-corrected chi connectivity index (χ2v) is 10.1. The van der Waals surface area contributed by atoms with Crippen molar-refractivity contribution in [1.82, 2.24) is 9.88 Å². The molecule has 2 aromatic heterocycles. The van der Waals surface area contributed by atoms with Crippen molar-refractivity contribution in [3.63, 3.8) is 0 Å². The molecule has 5 rings (SSSR count). The molecule has 1 amide bonds. The minimum absolute atomic E-state index is 0.0650. The molecule has 1 atom stereocenters. The summed E-state index contributed by atoms with van der Waals surface area (Å²) in [6, 6.07) is 20.2. The molecule has 1 unspecified atom stereocenters. The predicted octanol–water partition coefficient (Wildman–Crippen LogP) is 6.61. The van der Waals surface area contributed by atoms with Crippen LogP contribution in [0, 0.1) is 6.92 Å². The van der Waals surface area contributed by atoms with Gasteiger partial charge in [-0.15, -0.1) is 11.3 Å². The van der Waals surface area contributed by atoms with Gasteiger partial charge in [0.15, 0.2) is 5.76 Å². The van der Waals surface area contributed by atoms with E-state index in [2.05, 4.69) is 18.8 Å². The molecule has 3 heterocycles. The Kier molecular flexibility index (Phi) is 6.33. The van der Waals surface area contributed by atoms with Gasteiger partial charge in [-0.25, -0.2) is 4.98 Å². The maximum Gasteiger partial charge on any atom is 0.290 e. The van der Waals surface area contributed by atoms with E-state index in [0.29, 0.717) is 27.3 Å². The number of hydrogen-bond donors (Lipinski definition) is 1. The number of rotatable bonds is 7. The van der Waals surface area contributed by atoms with Crippen LogP contribution in [0.5, 0.6) is 0 Å². The van der Waals surface area contributed by atoms with E-state index in [1.54, 1.807) is 19.1 Å². The highest BCUT2D eigenvalue weighted by molar-refractivity contribution is 7.17. The average molecular weight is 499 g/mol. The van der Waals surface area contributed by atoms with Gasteiger partial charge in [0.1, 0.15) is 10.8 Å². The Hall–Kier alpha value is -3.97. The zero-order chi connectivity index (χ0) is 25.4. The summed E-state index contributed by atoms with van der Waals surface area (Å²) in [5.41, 5.74) is 3.43. The monoisotopic (exact) mass is 498 g/mol. The quantitative estimate of drug-likeness (QED) is 0.290. The van der Waals surface area contributed by atoms with Gasteiger partial charge < -0.3 is 14.4 Å². The van der Waals surface area contributed by atoms with Gasteiger partial charge in [0, 0.05) is 5.56 Å². The summed E-state index contributed by atoms with van der Waals surface area (Å²) in [6.45, 7) is 6.11. The highest BCUT2D eigenvalue weighted by Gasteiger charge is 2.44. The summed E-state index contributed by atoms with van der Waals surface area (Å²) in [5.74, 6) is -0.617. The molecule has 1 aliphatic heterocycles. The Bertz CT molecular complexity index is 1430. The van der Waals surface area contributed by atoms with Crippen LogP contribution in [0.4, 0.5) is 0 Å². The van der Waals surface area contributed by atoms with E-state index in [9.17, 15) is 14.7 Å². The number of hydrogen-bond acceptors (Lipinski definition) is 6. The van der Waals surface area contributed by atoms with Crippen molar-refractivity contribution in [2.75, 3.05) is 0 Å². The fourth-order valence-corrected chi connectivity index (χ4v) is 5.49. The van der Waals surface area contributed by atoms with Crippen molar-refractivity contribution in [3.05, 3.63) is 112 Å². The van der Waals surface area contributed by atoms with Crippen LogP contribution in [0.25, 0.3) is 10.6 Å². The lowest BCUT2D eigenvalue weighted by atomic mass is 9.93. The summed E-state index contributed by atoms with van der Waals surface area (Å²) in [4.78, 5) is 33.7. The first-order chi connectivity index (χ1) is 17.3. The SMILES string of the molecule is Cc1nc(-c2ccccc2)sc1C(=O)C1=C(O)C(=O)N(Cc2ccco2)C1c1ccc(C(C)C)cc1. The number of aliphatic hydroxyl groups excluding tert-OH is 1. The topological polar surface area (TPSA) is 83.6 Å². The molecule has 1 aliphatic rings. The molecule has 0 radical (unpaired) electrons. The Labute approximate surface area is 213 Å². The molecular weight excluding hydrogens is 472 g/mol. The third kappa shape index (κ3) is 4.27. The van der Waals surface area contributed by atoms with E-state index in [-0.39, 0.29) is 12.1 Å². The van der Waals surface area contributed by atoms with Gasteiger partial charge in [-0.2, -0.15) is 0 Å². The maximum absolute atomic E-state index is 13.9. The summed E-state index contributed by atoms with van der Waals surface area (Å²) in [6.07, 6.45) is 1.54.